The maximum absolute atomic E-state index is 6.69. The van der Waals surface area contributed by atoms with Gasteiger partial charge in [-0.25, -0.2) is 0 Å². The Hall–Kier alpha value is 2.31. The molecule has 0 radical (unpaired) electrons. The predicted octanol–water partition coefficient (Wildman–Crippen LogP) is -5.38. The standard InChI is InChI=1S/2Na.H2OS.2H/c;;1-2;;/h;;1-2H;;/q2*+1;;2*-1. The van der Waals surface area contributed by atoms with Crippen molar-refractivity contribution in [2.75, 3.05) is 0 Å². The summed E-state index contributed by atoms with van der Waals surface area (Å²) < 4.78 is 6.69. The smallest absolute Gasteiger partial charge is 1.00 e. The molecule has 0 aliphatic carbocycles. The molecule has 0 aromatic heterocycles. The topological polar surface area (TPSA) is 20.2 Å². The van der Waals surface area contributed by atoms with Crippen LogP contribution in [0.5, 0.6) is 0 Å². The summed E-state index contributed by atoms with van der Waals surface area (Å²) in [6.07, 6.45) is 0. The number of hydrogen-bond donors (Lipinski definition) is 2. The minimum absolute atomic E-state index is 0. The number of hydrogen-bond acceptors (Lipinski definition) is 2. The molecule has 0 amide bonds. The summed E-state index contributed by atoms with van der Waals surface area (Å²) in [4.78, 5) is 0. The van der Waals surface area contributed by atoms with Gasteiger partial charge in [0.2, 0.25) is 0 Å². The van der Waals surface area contributed by atoms with Crippen molar-refractivity contribution in [1.82, 2.24) is 0 Å². The second kappa shape index (κ2) is 18.5. The molecule has 0 bridgehead atoms. The van der Waals surface area contributed by atoms with Gasteiger partial charge < -0.3 is 7.41 Å². The van der Waals surface area contributed by atoms with Gasteiger partial charge in [-0.3, -0.25) is 0 Å². The van der Waals surface area contributed by atoms with Gasteiger partial charge in [0.1, 0.15) is 0 Å². The summed E-state index contributed by atoms with van der Waals surface area (Å²) in [6.45, 7) is 0. The molecule has 18 valence electrons. The van der Waals surface area contributed by atoms with Crippen LogP contribution in [0.3, 0.4) is 0 Å². The molecule has 0 atom stereocenters. The normalized spacial score (nSPS) is 1.50. The quantitative estimate of drug-likeness (QED) is 0.176. The Balaban J connectivity index is -0.000000000833. The van der Waals surface area contributed by atoms with Gasteiger partial charge in [-0.15, -0.1) is 0 Å². The molecule has 1 N–H and O–H groups in total. The monoisotopic (exact) mass is 98.0 g/mol. The fraction of sp³-hybridized carbons (Fsp3) is 0. The van der Waals surface area contributed by atoms with Crippen molar-refractivity contribution < 1.29 is 66.5 Å². The van der Waals surface area contributed by atoms with Crippen LogP contribution < -0.4 is 59.1 Å². The molecule has 0 saturated carbocycles. The first kappa shape index (κ1) is 16.2. The molecule has 0 aliphatic rings. The number of rotatable bonds is 0. The third-order valence-electron chi connectivity index (χ3n) is 0. The Kier molecular flexibility index (Phi) is 75.0. The van der Waals surface area contributed by atoms with E-state index in [2.05, 4.69) is 12.9 Å². The molecule has 0 aromatic carbocycles. The van der Waals surface area contributed by atoms with E-state index in [4.69, 9.17) is 4.55 Å². The zero-order valence-electron chi connectivity index (χ0n) is 4.89. The van der Waals surface area contributed by atoms with E-state index >= 15 is 0 Å². The van der Waals surface area contributed by atoms with Crippen LogP contribution in [-0.4, -0.2) is 4.55 Å². The molecule has 4 heteroatoms. The molecule has 0 aromatic rings. The van der Waals surface area contributed by atoms with Crippen molar-refractivity contribution in [3.63, 3.8) is 0 Å². The van der Waals surface area contributed by atoms with E-state index in [9.17, 15) is 0 Å². The molecule has 0 heterocycles. The summed E-state index contributed by atoms with van der Waals surface area (Å²) in [5.74, 6) is 0. The van der Waals surface area contributed by atoms with E-state index in [0.717, 1.165) is 0 Å². The Morgan fingerprint density at radius 2 is 1.25 bits per heavy atom. The van der Waals surface area contributed by atoms with Gasteiger partial charge >= 0.3 is 59.1 Å². The minimum atomic E-state index is 0. The Morgan fingerprint density at radius 1 is 1.25 bits per heavy atom. The summed E-state index contributed by atoms with van der Waals surface area (Å²) in [5, 5.41) is 0. The van der Waals surface area contributed by atoms with Crippen LogP contribution >= 0.6 is 12.9 Å². The van der Waals surface area contributed by atoms with Crippen LogP contribution in [0.2, 0.25) is 0 Å². The number of thiol groups is 1. The molecule has 0 unspecified atom stereocenters. The van der Waals surface area contributed by atoms with Gasteiger partial charge in [0.25, 0.3) is 0 Å². The van der Waals surface area contributed by atoms with Crippen LogP contribution in [-0.2, 0) is 0 Å². The van der Waals surface area contributed by atoms with E-state index in [0.29, 0.717) is 0 Å². The van der Waals surface area contributed by atoms with Crippen molar-refractivity contribution in [2.45, 2.75) is 0 Å². The van der Waals surface area contributed by atoms with Crippen molar-refractivity contribution in [3.05, 3.63) is 0 Å². The van der Waals surface area contributed by atoms with Crippen molar-refractivity contribution in [3.8, 4) is 0 Å². The van der Waals surface area contributed by atoms with Gasteiger partial charge in [0.05, 0.1) is 0 Å². The van der Waals surface area contributed by atoms with Crippen LogP contribution in [0.15, 0.2) is 0 Å². The molecule has 0 saturated heterocycles. The Morgan fingerprint density at radius 3 is 1.25 bits per heavy atom. The summed E-state index contributed by atoms with van der Waals surface area (Å²) >= 11 is 2.53. The molecule has 0 fully saturated rings. The van der Waals surface area contributed by atoms with Crippen molar-refractivity contribution >= 4 is 12.9 Å². The van der Waals surface area contributed by atoms with Crippen LogP contribution in [0.25, 0.3) is 0 Å². The van der Waals surface area contributed by atoms with Crippen LogP contribution in [0.4, 0.5) is 0 Å². The zero-order valence-corrected chi connectivity index (χ0v) is 7.79. The Bertz CT molecular complexity index is 11.5. The van der Waals surface area contributed by atoms with Gasteiger partial charge in [0, 0.05) is 0 Å². The molecule has 4 heavy (non-hydrogen) atoms. The largest absolute Gasteiger partial charge is 1.00 e. The first-order valence-corrected chi connectivity index (χ1v) is 0.600. The zero-order chi connectivity index (χ0) is 2.00. The first-order chi connectivity index (χ1) is 1.00. The second-order valence-electron chi connectivity index (χ2n) is 0. The molecule has 0 rings (SSSR count). The van der Waals surface area contributed by atoms with Crippen LogP contribution in [0, 0.1) is 0 Å². The third kappa shape index (κ3) is 8.85. The fourth-order valence-corrected chi connectivity index (χ4v) is 0. The van der Waals surface area contributed by atoms with E-state index in [1.54, 1.807) is 0 Å². The van der Waals surface area contributed by atoms with Crippen molar-refractivity contribution in [1.29, 1.82) is 0 Å². The van der Waals surface area contributed by atoms with E-state index in [1.165, 1.54) is 0 Å². The molecule has 1 nitrogen and oxygen atoms in total. The Labute approximate surface area is 78.3 Å². The average Bonchev–Trinajstić information content (AvgIpc) is 1.00. The fourth-order valence-electron chi connectivity index (χ4n) is 0. The maximum Gasteiger partial charge on any atom is 1.00 e. The van der Waals surface area contributed by atoms with Gasteiger partial charge in [-0.05, 0) is 12.9 Å². The van der Waals surface area contributed by atoms with E-state index in [1.807, 2.05) is 0 Å². The van der Waals surface area contributed by atoms with E-state index in [-0.39, 0.29) is 62.0 Å². The molecule has 0 spiro atoms. The summed E-state index contributed by atoms with van der Waals surface area (Å²) in [6, 6.07) is 0. The summed E-state index contributed by atoms with van der Waals surface area (Å²) in [5.41, 5.74) is 0. The third-order valence-corrected chi connectivity index (χ3v) is 0. The van der Waals surface area contributed by atoms with Crippen LogP contribution in [0.1, 0.15) is 2.85 Å². The predicted molar refractivity (Wildman–Crippen MR) is 13.8 cm³/mol. The summed E-state index contributed by atoms with van der Waals surface area (Å²) in [7, 11) is 0. The maximum atomic E-state index is 6.69. The SMILES string of the molecule is OS.[H-].[H-].[Na+].[Na+]. The van der Waals surface area contributed by atoms with E-state index < -0.39 is 0 Å². The average molecular weight is 98.1 g/mol. The second-order valence-corrected chi connectivity index (χ2v) is 0. The molecular formula is H4Na2OS. The minimum Gasteiger partial charge on any atom is -1.00 e. The van der Waals surface area contributed by atoms with Gasteiger partial charge in [0.15, 0.2) is 0 Å². The molecule has 0 aliphatic heterocycles. The van der Waals surface area contributed by atoms with Gasteiger partial charge in [-0.1, -0.05) is 0 Å². The molecular weight excluding hydrogens is 94.0 g/mol. The first-order valence-electron chi connectivity index (χ1n) is 0.200. The van der Waals surface area contributed by atoms with Crippen molar-refractivity contribution in [2.24, 2.45) is 0 Å². The van der Waals surface area contributed by atoms with Gasteiger partial charge in [-0.2, -0.15) is 0 Å².